The molecule has 0 aliphatic rings. The van der Waals surface area contributed by atoms with Crippen LogP contribution < -0.4 is 10.9 Å². The highest BCUT2D eigenvalue weighted by Gasteiger charge is 2.04. The van der Waals surface area contributed by atoms with E-state index in [0.717, 1.165) is 0 Å². The highest BCUT2D eigenvalue weighted by Crippen LogP contribution is 2.05. The van der Waals surface area contributed by atoms with Gasteiger partial charge in [0, 0.05) is 0 Å². The van der Waals surface area contributed by atoms with E-state index in [1.54, 1.807) is 24.3 Å². The SMILES string of the molecule is O=C(CCl)NCc1nc2ccccc2c(=O)[nH]1. The van der Waals surface area contributed by atoms with Gasteiger partial charge in [-0.2, -0.15) is 0 Å². The number of carbonyl (C=O) groups excluding carboxylic acids is 1. The molecular weight excluding hydrogens is 242 g/mol. The summed E-state index contributed by atoms with van der Waals surface area (Å²) in [6, 6.07) is 7.02. The van der Waals surface area contributed by atoms with Crippen LogP contribution in [0.25, 0.3) is 10.9 Å². The average Bonchev–Trinajstić information content (AvgIpc) is 2.36. The molecule has 0 fully saturated rings. The maximum atomic E-state index is 11.7. The zero-order valence-corrected chi connectivity index (χ0v) is 9.62. The molecule has 0 aliphatic carbocycles. The number of aromatic amines is 1. The highest BCUT2D eigenvalue weighted by molar-refractivity contribution is 6.27. The number of aromatic nitrogens is 2. The molecule has 1 amide bonds. The van der Waals surface area contributed by atoms with Crippen molar-refractivity contribution in [2.24, 2.45) is 0 Å². The minimum Gasteiger partial charge on any atom is -0.348 e. The van der Waals surface area contributed by atoms with Gasteiger partial charge in [-0.05, 0) is 12.1 Å². The Bertz CT molecular complexity index is 609. The fourth-order valence-electron chi connectivity index (χ4n) is 1.45. The molecule has 0 radical (unpaired) electrons. The van der Waals surface area contributed by atoms with Gasteiger partial charge in [-0.25, -0.2) is 4.98 Å². The summed E-state index contributed by atoms with van der Waals surface area (Å²) in [5.74, 6) is -0.00713. The number of amides is 1. The minimum absolute atomic E-state index is 0.113. The normalized spacial score (nSPS) is 10.4. The van der Waals surface area contributed by atoms with Crippen LogP contribution in [0.4, 0.5) is 0 Å². The molecule has 2 rings (SSSR count). The molecule has 2 N–H and O–H groups in total. The van der Waals surface area contributed by atoms with Crippen LogP contribution in [0, 0.1) is 0 Å². The highest BCUT2D eigenvalue weighted by atomic mass is 35.5. The summed E-state index contributed by atoms with van der Waals surface area (Å²) in [5, 5.41) is 3.06. The van der Waals surface area contributed by atoms with Crippen molar-refractivity contribution < 1.29 is 4.79 Å². The number of H-pyrrole nitrogens is 1. The van der Waals surface area contributed by atoms with Crippen molar-refractivity contribution in [3.8, 4) is 0 Å². The van der Waals surface area contributed by atoms with Gasteiger partial charge in [0.25, 0.3) is 5.56 Å². The van der Waals surface area contributed by atoms with Crippen molar-refractivity contribution in [1.29, 1.82) is 0 Å². The summed E-state index contributed by atoms with van der Waals surface area (Å²) in [6.07, 6.45) is 0. The van der Waals surface area contributed by atoms with Gasteiger partial charge in [-0.1, -0.05) is 12.1 Å². The molecule has 5 nitrogen and oxygen atoms in total. The summed E-state index contributed by atoms with van der Waals surface area (Å²) >= 11 is 5.34. The first-order valence-corrected chi connectivity index (χ1v) is 5.55. The molecule has 0 aliphatic heterocycles. The lowest BCUT2D eigenvalue weighted by Crippen LogP contribution is -2.26. The van der Waals surface area contributed by atoms with Crippen molar-refractivity contribution in [3.63, 3.8) is 0 Å². The Morgan fingerprint density at radius 1 is 1.41 bits per heavy atom. The van der Waals surface area contributed by atoms with E-state index in [1.807, 2.05) is 0 Å². The fraction of sp³-hybridized carbons (Fsp3) is 0.182. The van der Waals surface area contributed by atoms with E-state index in [2.05, 4.69) is 15.3 Å². The average molecular weight is 252 g/mol. The van der Waals surface area contributed by atoms with Crippen molar-refractivity contribution in [3.05, 3.63) is 40.4 Å². The molecule has 0 spiro atoms. The number of benzene rings is 1. The van der Waals surface area contributed by atoms with E-state index in [9.17, 15) is 9.59 Å². The van der Waals surface area contributed by atoms with Gasteiger partial charge < -0.3 is 10.3 Å². The minimum atomic E-state index is -0.303. The summed E-state index contributed by atoms with van der Waals surface area (Å²) in [7, 11) is 0. The standard InChI is InChI=1S/C11H10ClN3O2/c12-5-10(16)13-6-9-14-8-4-2-1-3-7(8)11(17)15-9/h1-4H,5-6H2,(H,13,16)(H,14,15,17). The van der Waals surface area contributed by atoms with E-state index < -0.39 is 0 Å². The van der Waals surface area contributed by atoms with E-state index in [0.29, 0.717) is 16.7 Å². The predicted octanol–water partition coefficient (Wildman–Crippen LogP) is 0.778. The quantitative estimate of drug-likeness (QED) is 0.792. The maximum Gasteiger partial charge on any atom is 0.258 e. The van der Waals surface area contributed by atoms with Gasteiger partial charge in [-0.3, -0.25) is 9.59 Å². The van der Waals surface area contributed by atoms with Crippen LogP contribution in [0.15, 0.2) is 29.1 Å². The van der Waals surface area contributed by atoms with Crippen LogP contribution in [-0.2, 0) is 11.3 Å². The van der Waals surface area contributed by atoms with Crippen molar-refractivity contribution in [1.82, 2.24) is 15.3 Å². The topological polar surface area (TPSA) is 74.8 Å². The largest absolute Gasteiger partial charge is 0.348 e. The molecule has 6 heteroatoms. The Morgan fingerprint density at radius 3 is 2.94 bits per heavy atom. The van der Waals surface area contributed by atoms with E-state index in [-0.39, 0.29) is 23.9 Å². The van der Waals surface area contributed by atoms with Crippen LogP contribution in [0.5, 0.6) is 0 Å². The Morgan fingerprint density at radius 2 is 2.18 bits per heavy atom. The van der Waals surface area contributed by atoms with Gasteiger partial charge in [0.2, 0.25) is 5.91 Å². The van der Waals surface area contributed by atoms with Gasteiger partial charge in [0.05, 0.1) is 17.4 Å². The lowest BCUT2D eigenvalue weighted by molar-refractivity contribution is -0.118. The van der Waals surface area contributed by atoms with Gasteiger partial charge in [-0.15, -0.1) is 11.6 Å². The van der Waals surface area contributed by atoms with Crippen LogP contribution in [-0.4, -0.2) is 21.8 Å². The Hall–Kier alpha value is -1.88. The molecule has 0 bridgehead atoms. The third-order valence-corrected chi connectivity index (χ3v) is 2.48. The lowest BCUT2D eigenvalue weighted by Gasteiger charge is -2.03. The van der Waals surface area contributed by atoms with Gasteiger partial charge in [0.1, 0.15) is 11.7 Å². The first-order chi connectivity index (χ1) is 8.20. The predicted molar refractivity (Wildman–Crippen MR) is 64.9 cm³/mol. The molecule has 88 valence electrons. The number of hydrogen-bond donors (Lipinski definition) is 2. The number of halogens is 1. The molecule has 17 heavy (non-hydrogen) atoms. The zero-order valence-electron chi connectivity index (χ0n) is 8.87. The van der Waals surface area contributed by atoms with Crippen molar-refractivity contribution in [2.75, 3.05) is 5.88 Å². The summed E-state index contributed by atoms with van der Waals surface area (Å²) in [5.41, 5.74) is 0.386. The monoisotopic (exact) mass is 251 g/mol. The molecule has 0 atom stereocenters. The summed E-state index contributed by atoms with van der Waals surface area (Å²) < 4.78 is 0. The number of hydrogen-bond acceptors (Lipinski definition) is 3. The number of nitrogens with zero attached hydrogens (tertiary/aromatic N) is 1. The van der Waals surface area contributed by atoms with Crippen molar-refractivity contribution in [2.45, 2.75) is 6.54 Å². The molecule has 0 saturated carbocycles. The molecule has 0 saturated heterocycles. The number of carbonyl (C=O) groups is 1. The van der Waals surface area contributed by atoms with Crippen LogP contribution in [0.3, 0.4) is 0 Å². The van der Waals surface area contributed by atoms with Gasteiger partial charge in [0.15, 0.2) is 0 Å². The van der Waals surface area contributed by atoms with E-state index in [4.69, 9.17) is 11.6 Å². The first-order valence-electron chi connectivity index (χ1n) is 5.01. The zero-order chi connectivity index (χ0) is 12.3. The van der Waals surface area contributed by atoms with E-state index >= 15 is 0 Å². The molecular formula is C11H10ClN3O2. The van der Waals surface area contributed by atoms with Crippen molar-refractivity contribution >= 4 is 28.4 Å². The fourth-order valence-corrected chi connectivity index (χ4v) is 1.54. The van der Waals surface area contributed by atoms with Crippen LogP contribution >= 0.6 is 11.6 Å². The summed E-state index contributed by atoms with van der Waals surface area (Å²) in [4.78, 5) is 29.5. The number of nitrogens with one attached hydrogen (secondary N) is 2. The Kier molecular flexibility index (Phi) is 3.39. The smallest absolute Gasteiger partial charge is 0.258 e. The van der Waals surface area contributed by atoms with Crippen LogP contribution in [0.1, 0.15) is 5.82 Å². The molecule has 0 unspecified atom stereocenters. The number of rotatable bonds is 3. The number of alkyl halides is 1. The molecule has 1 aromatic carbocycles. The van der Waals surface area contributed by atoms with Gasteiger partial charge >= 0.3 is 0 Å². The second-order valence-electron chi connectivity index (χ2n) is 3.44. The Labute approximate surface area is 102 Å². The Balaban J connectivity index is 2.31. The lowest BCUT2D eigenvalue weighted by atomic mass is 10.2. The third kappa shape index (κ3) is 2.62. The molecule has 1 heterocycles. The maximum absolute atomic E-state index is 11.7. The van der Waals surface area contributed by atoms with Crippen LogP contribution in [0.2, 0.25) is 0 Å². The van der Waals surface area contributed by atoms with E-state index in [1.165, 1.54) is 0 Å². The second kappa shape index (κ2) is 4.97. The second-order valence-corrected chi connectivity index (χ2v) is 3.71. The number of fused-ring (bicyclic) bond motifs is 1. The third-order valence-electron chi connectivity index (χ3n) is 2.24. The summed E-state index contributed by atoms with van der Waals surface area (Å²) in [6.45, 7) is 0.158. The molecule has 1 aromatic heterocycles. The first kappa shape index (κ1) is 11.6. The number of para-hydroxylation sites is 1. The molecule has 2 aromatic rings.